The summed E-state index contributed by atoms with van der Waals surface area (Å²) in [6.07, 6.45) is 4.30. The minimum absolute atomic E-state index is 0.471. The maximum Gasteiger partial charge on any atom is 0.679 e. The summed E-state index contributed by atoms with van der Waals surface area (Å²) in [4.78, 5) is 0. The topological polar surface area (TPSA) is 36.9 Å². The van der Waals surface area contributed by atoms with Crippen LogP contribution in [0, 0.1) is 23.7 Å². The maximum atomic E-state index is 6.24. The molecule has 0 N–H and O–H groups in total. The van der Waals surface area contributed by atoms with Crippen LogP contribution >= 0.6 is 0 Å². The van der Waals surface area contributed by atoms with Gasteiger partial charge in [0.1, 0.15) is 0 Å². The Morgan fingerprint density at radius 1 is 0.480 bits per heavy atom. The maximum absolute atomic E-state index is 6.24. The predicted molar refractivity (Wildman–Crippen MR) is 107 cm³/mol. The molecular weight excluding hydrogens is 332 g/mol. The fraction of sp³-hybridized carbons (Fsp3) is 1.00. The number of hydrogen-bond donors (Lipinski definition) is 0. The summed E-state index contributed by atoms with van der Waals surface area (Å²) in [7, 11) is -3.11. The van der Waals surface area contributed by atoms with Gasteiger partial charge in [-0.1, -0.05) is 81.1 Å². The van der Waals surface area contributed by atoms with Gasteiger partial charge in [-0.15, -0.1) is 0 Å². The Labute approximate surface area is 158 Å². The normalized spacial score (nSPS) is 19.2. The van der Waals surface area contributed by atoms with Crippen molar-refractivity contribution in [2.75, 3.05) is 26.4 Å². The molecule has 4 atom stereocenters. The molecule has 0 aliphatic carbocycles. The molecule has 0 aromatic heterocycles. The zero-order chi connectivity index (χ0) is 19.3. The van der Waals surface area contributed by atoms with Crippen molar-refractivity contribution < 1.29 is 17.7 Å². The Kier molecular flexibility index (Phi) is 14.2. The first-order valence-electron chi connectivity index (χ1n) is 10.4. The van der Waals surface area contributed by atoms with Crippen LogP contribution in [0.4, 0.5) is 0 Å². The van der Waals surface area contributed by atoms with Crippen molar-refractivity contribution >= 4 is 9.05 Å². The zero-order valence-electron chi connectivity index (χ0n) is 18.1. The third-order valence-electron chi connectivity index (χ3n) is 4.97. The van der Waals surface area contributed by atoms with Crippen LogP contribution in [-0.2, 0) is 17.7 Å². The molecule has 0 heterocycles. The lowest BCUT2D eigenvalue weighted by molar-refractivity contribution is -0.0562. The van der Waals surface area contributed by atoms with Gasteiger partial charge in [0.15, 0.2) is 0 Å². The van der Waals surface area contributed by atoms with E-state index in [9.17, 15) is 0 Å². The van der Waals surface area contributed by atoms with E-state index in [0.717, 1.165) is 25.7 Å². The minimum atomic E-state index is -3.11. The van der Waals surface area contributed by atoms with Gasteiger partial charge in [-0.25, -0.2) is 0 Å². The highest BCUT2D eigenvalue weighted by Crippen LogP contribution is 2.20. The molecule has 0 radical (unpaired) electrons. The van der Waals surface area contributed by atoms with E-state index >= 15 is 0 Å². The first-order valence-corrected chi connectivity index (χ1v) is 12.0. The van der Waals surface area contributed by atoms with Crippen LogP contribution in [0.25, 0.3) is 0 Å². The SMILES string of the molecule is CCC(C)CO[Si](OCC(C)CC)(OCC(C)CC)OCC(C)CC. The van der Waals surface area contributed by atoms with Gasteiger partial charge in [-0.05, 0) is 23.7 Å². The van der Waals surface area contributed by atoms with Crippen molar-refractivity contribution in [3.63, 3.8) is 0 Å². The van der Waals surface area contributed by atoms with Gasteiger partial charge in [0.2, 0.25) is 0 Å². The standard InChI is InChI=1S/C20H44O4Si/c1-9-17(5)13-21-25(22-14-18(6)10-2,23-15-19(7)11-3)24-16-20(8)12-4/h17-20H,9-16H2,1-8H3. The monoisotopic (exact) mass is 376 g/mol. The van der Waals surface area contributed by atoms with E-state index in [1.54, 1.807) is 0 Å². The largest absolute Gasteiger partial charge is 0.679 e. The van der Waals surface area contributed by atoms with Crippen LogP contribution in [0.2, 0.25) is 0 Å². The van der Waals surface area contributed by atoms with Crippen molar-refractivity contribution in [1.82, 2.24) is 0 Å². The van der Waals surface area contributed by atoms with Crippen LogP contribution in [0.15, 0.2) is 0 Å². The van der Waals surface area contributed by atoms with Gasteiger partial charge in [0.25, 0.3) is 0 Å². The predicted octanol–water partition coefficient (Wildman–Crippen LogP) is 5.67. The van der Waals surface area contributed by atoms with E-state index in [1.807, 2.05) is 0 Å². The Hall–Kier alpha value is 0.0569. The molecule has 0 aliphatic rings. The van der Waals surface area contributed by atoms with Gasteiger partial charge in [0.05, 0.1) is 0 Å². The first-order chi connectivity index (χ1) is 11.8. The van der Waals surface area contributed by atoms with Gasteiger partial charge in [0, 0.05) is 26.4 Å². The molecule has 0 aliphatic heterocycles. The van der Waals surface area contributed by atoms with Gasteiger partial charge in [-0.2, -0.15) is 0 Å². The summed E-state index contributed by atoms with van der Waals surface area (Å²) in [5, 5.41) is 0. The Balaban J connectivity index is 5.11. The van der Waals surface area contributed by atoms with Crippen molar-refractivity contribution in [2.24, 2.45) is 23.7 Å². The third kappa shape index (κ3) is 11.4. The van der Waals surface area contributed by atoms with E-state index in [0.29, 0.717) is 50.1 Å². The van der Waals surface area contributed by atoms with E-state index in [4.69, 9.17) is 17.7 Å². The molecule has 25 heavy (non-hydrogen) atoms. The van der Waals surface area contributed by atoms with Gasteiger partial charge < -0.3 is 17.7 Å². The Morgan fingerprint density at radius 3 is 0.840 bits per heavy atom. The Bertz CT molecular complexity index is 253. The minimum Gasteiger partial charge on any atom is -0.351 e. The highest BCUT2D eigenvalue weighted by molar-refractivity contribution is 6.53. The highest BCUT2D eigenvalue weighted by atomic mass is 28.4. The lowest BCUT2D eigenvalue weighted by Crippen LogP contribution is -2.52. The molecular formula is C20H44O4Si. The fourth-order valence-electron chi connectivity index (χ4n) is 1.70. The molecule has 0 fully saturated rings. The van der Waals surface area contributed by atoms with Crippen LogP contribution in [0.1, 0.15) is 81.1 Å². The molecule has 4 unspecified atom stereocenters. The molecule has 152 valence electrons. The summed E-state index contributed by atoms with van der Waals surface area (Å²) >= 11 is 0. The molecule has 0 aromatic rings. The van der Waals surface area contributed by atoms with Crippen molar-refractivity contribution in [2.45, 2.75) is 81.1 Å². The number of rotatable bonds is 16. The molecule has 0 rings (SSSR count). The quantitative estimate of drug-likeness (QED) is 0.325. The zero-order valence-corrected chi connectivity index (χ0v) is 19.1. The molecule has 5 heteroatoms. The molecule has 0 aromatic carbocycles. The molecule has 0 amide bonds. The second kappa shape index (κ2) is 14.2. The molecule has 0 saturated heterocycles. The van der Waals surface area contributed by atoms with Crippen LogP contribution in [-0.4, -0.2) is 35.5 Å². The molecule has 4 nitrogen and oxygen atoms in total. The molecule has 0 spiro atoms. The Morgan fingerprint density at radius 2 is 0.680 bits per heavy atom. The molecule has 0 saturated carbocycles. The summed E-state index contributed by atoms with van der Waals surface area (Å²) in [5.74, 6) is 1.88. The van der Waals surface area contributed by atoms with E-state index in [1.165, 1.54) is 0 Å². The van der Waals surface area contributed by atoms with E-state index < -0.39 is 9.05 Å². The van der Waals surface area contributed by atoms with E-state index in [-0.39, 0.29) is 0 Å². The lowest BCUT2D eigenvalue weighted by Gasteiger charge is -2.31. The average molecular weight is 377 g/mol. The summed E-state index contributed by atoms with van der Waals surface area (Å²) < 4.78 is 25.0. The number of hydrogen-bond acceptors (Lipinski definition) is 4. The van der Waals surface area contributed by atoms with E-state index in [2.05, 4.69) is 55.4 Å². The lowest BCUT2D eigenvalue weighted by atomic mass is 10.1. The van der Waals surface area contributed by atoms with Crippen LogP contribution < -0.4 is 0 Å². The van der Waals surface area contributed by atoms with Gasteiger partial charge in [-0.3, -0.25) is 0 Å². The molecule has 0 bridgehead atoms. The van der Waals surface area contributed by atoms with Crippen molar-refractivity contribution in [3.05, 3.63) is 0 Å². The smallest absolute Gasteiger partial charge is 0.351 e. The third-order valence-corrected chi connectivity index (χ3v) is 7.05. The summed E-state index contributed by atoms with van der Waals surface area (Å²) in [5.41, 5.74) is 0. The van der Waals surface area contributed by atoms with Crippen molar-refractivity contribution in [1.29, 1.82) is 0 Å². The second-order valence-electron chi connectivity index (χ2n) is 7.80. The fourth-order valence-corrected chi connectivity index (χ4v) is 4.15. The van der Waals surface area contributed by atoms with Crippen molar-refractivity contribution in [3.8, 4) is 0 Å². The van der Waals surface area contributed by atoms with Crippen LogP contribution in [0.5, 0.6) is 0 Å². The summed E-state index contributed by atoms with van der Waals surface area (Å²) in [6, 6.07) is 0. The summed E-state index contributed by atoms with van der Waals surface area (Å²) in [6.45, 7) is 20.0. The first kappa shape index (κ1) is 25.1. The van der Waals surface area contributed by atoms with Gasteiger partial charge >= 0.3 is 9.05 Å². The van der Waals surface area contributed by atoms with Crippen LogP contribution in [0.3, 0.4) is 0 Å². The average Bonchev–Trinajstić information content (AvgIpc) is 2.65. The second-order valence-corrected chi connectivity index (χ2v) is 9.95. The highest BCUT2D eigenvalue weighted by Gasteiger charge is 2.47.